The zero-order chi connectivity index (χ0) is 22.4. The number of aromatic hydroxyl groups is 2. The fourth-order valence-corrected chi connectivity index (χ4v) is 3.49. The summed E-state index contributed by atoms with van der Waals surface area (Å²) in [5.41, 5.74) is 0.957. The van der Waals surface area contributed by atoms with Crippen molar-refractivity contribution in [2.24, 2.45) is 0 Å². The molecule has 2 aliphatic heterocycles. The van der Waals surface area contributed by atoms with Crippen LogP contribution in [0.2, 0.25) is 0 Å². The molecule has 2 aromatic carbocycles. The van der Waals surface area contributed by atoms with E-state index in [-0.39, 0.29) is 34.3 Å². The smallest absolute Gasteiger partial charge is 0.235 e. The van der Waals surface area contributed by atoms with Gasteiger partial charge in [0.05, 0.1) is 6.10 Å². The van der Waals surface area contributed by atoms with Gasteiger partial charge in [0.2, 0.25) is 12.1 Å². The molecule has 31 heavy (non-hydrogen) atoms. The highest BCUT2D eigenvalue weighted by atomic mass is 16.7. The van der Waals surface area contributed by atoms with E-state index in [1.54, 1.807) is 19.1 Å². The number of aliphatic hydroxyl groups excluding tert-OH is 3. The Bertz CT molecular complexity index is 1040. The molecule has 5 N–H and O–H groups in total. The van der Waals surface area contributed by atoms with Crippen molar-refractivity contribution in [1.29, 1.82) is 0 Å². The van der Waals surface area contributed by atoms with E-state index in [0.29, 0.717) is 11.1 Å². The van der Waals surface area contributed by atoms with E-state index < -0.39 is 36.5 Å². The Morgan fingerprint density at radius 2 is 1.71 bits per heavy atom. The van der Waals surface area contributed by atoms with Gasteiger partial charge in [-0.05, 0) is 37.6 Å². The number of Topliss-reactive ketones (excluding diaryl/α,β-unsaturated/α-hetero) is 1. The van der Waals surface area contributed by atoms with Crippen LogP contribution in [0.4, 0.5) is 0 Å². The third-order valence-corrected chi connectivity index (χ3v) is 5.37. The minimum Gasteiger partial charge on any atom is -0.508 e. The number of hydrogen-bond donors (Lipinski definition) is 5. The average molecular weight is 430 g/mol. The third-order valence-electron chi connectivity index (χ3n) is 5.37. The number of carbonyl (C=O) groups is 1. The fourth-order valence-electron chi connectivity index (χ4n) is 3.49. The molecule has 2 aliphatic rings. The largest absolute Gasteiger partial charge is 0.508 e. The Labute approximate surface area is 177 Å². The normalized spacial score (nSPS) is 29.0. The van der Waals surface area contributed by atoms with Crippen LogP contribution in [0, 0.1) is 6.92 Å². The highest BCUT2D eigenvalue weighted by Gasteiger charge is 2.44. The minimum absolute atomic E-state index is 0.0202. The molecule has 2 unspecified atom stereocenters. The zero-order valence-corrected chi connectivity index (χ0v) is 16.7. The minimum atomic E-state index is -1.59. The molecule has 0 radical (unpaired) electrons. The van der Waals surface area contributed by atoms with E-state index in [1.165, 1.54) is 31.2 Å². The van der Waals surface area contributed by atoms with Crippen LogP contribution in [0.15, 0.2) is 36.1 Å². The van der Waals surface area contributed by atoms with E-state index in [4.69, 9.17) is 14.2 Å². The highest BCUT2D eigenvalue weighted by molar-refractivity contribution is 6.16. The van der Waals surface area contributed by atoms with Crippen molar-refractivity contribution in [1.82, 2.24) is 0 Å². The van der Waals surface area contributed by atoms with Gasteiger partial charge in [-0.3, -0.25) is 4.79 Å². The number of ether oxygens (including phenoxy) is 3. The Morgan fingerprint density at radius 1 is 1.03 bits per heavy atom. The highest BCUT2D eigenvalue weighted by Crippen LogP contribution is 2.45. The number of aliphatic hydroxyl groups is 3. The average Bonchev–Trinajstić information content (AvgIpc) is 3.06. The van der Waals surface area contributed by atoms with Crippen molar-refractivity contribution >= 4 is 11.9 Å². The van der Waals surface area contributed by atoms with Gasteiger partial charge in [0.1, 0.15) is 46.9 Å². The van der Waals surface area contributed by atoms with Crippen LogP contribution in [-0.4, -0.2) is 62.0 Å². The first kappa shape index (κ1) is 21.1. The molecule has 0 spiro atoms. The molecule has 2 heterocycles. The lowest BCUT2D eigenvalue weighted by Crippen LogP contribution is -2.58. The maximum absolute atomic E-state index is 13.1. The molecule has 164 valence electrons. The first-order valence-electron chi connectivity index (χ1n) is 9.63. The number of carbonyl (C=O) groups excluding carboxylic acids is 1. The molecule has 0 saturated carbocycles. The molecular formula is C22H22O9. The van der Waals surface area contributed by atoms with Crippen molar-refractivity contribution < 1.29 is 44.5 Å². The maximum atomic E-state index is 13.1. The SMILES string of the molecule is Cc1c(O)cc(O[C@@H]2OC(C)[C@H](O)[C@H](O)C2O)c2c1OC(=Cc1ccc(O)cc1)C2=O. The summed E-state index contributed by atoms with van der Waals surface area (Å²) in [5, 5.41) is 49.8. The summed E-state index contributed by atoms with van der Waals surface area (Å²) in [4.78, 5) is 13.1. The van der Waals surface area contributed by atoms with Crippen molar-refractivity contribution in [3.8, 4) is 23.0 Å². The van der Waals surface area contributed by atoms with Gasteiger partial charge in [-0.2, -0.15) is 0 Å². The van der Waals surface area contributed by atoms with Gasteiger partial charge in [-0.25, -0.2) is 0 Å². The third kappa shape index (κ3) is 3.72. The van der Waals surface area contributed by atoms with Crippen molar-refractivity contribution in [2.45, 2.75) is 44.6 Å². The first-order valence-corrected chi connectivity index (χ1v) is 9.63. The van der Waals surface area contributed by atoms with E-state index in [2.05, 4.69) is 0 Å². The lowest BCUT2D eigenvalue weighted by molar-refractivity contribution is -0.268. The maximum Gasteiger partial charge on any atom is 0.235 e. The monoisotopic (exact) mass is 430 g/mol. The van der Waals surface area contributed by atoms with Crippen LogP contribution >= 0.6 is 0 Å². The number of ketones is 1. The summed E-state index contributed by atoms with van der Waals surface area (Å²) < 4.78 is 16.8. The van der Waals surface area contributed by atoms with Gasteiger partial charge in [0, 0.05) is 11.6 Å². The number of benzene rings is 2. The lowest BCUT2D eigenvalue weighted by Gasteiger charge is -2.39. The van der Waals surface area contributed by atoms with E-state index in [1.807, 2.05) is 0 Å². The zero-order valence-electron chi connectivity index (χ0n) is 16.7. The number of allylic oxidation sites excluding steroid dienone is 1. The summed E-state index contributed by atoms with van der Waals surface area (Å²) in [6.07, 6.45) is -5.16. The second kappa shape index (κ2) is 7.86. The van der Waals surface area contributed by atoms with Crippen LogP contribution < -0.4 is 9.47 Å². The van der Waals surface area contributed by atoms with Crippen LogP contribution in [0.3, 0.4) is 0 Å². The van der Waals surface area contributed by atoms with E-state index >= 15 is 0 Å². The Hall–Kier alpha value is -3.11. The predicted octanol–water partition coefficient (Wildman–Crippen LogP) is 1.23. The van der Waals surface area contributed by atoms with Gasteiger partial charge in [0.25, 0.3) is 0 Å². The molecule has 5 atom stereocenters. The standard InChI is InChI=1S/C22H22O9/c1-9-13(24)8-14(31-22-20(28)19(27)17(25)10(2)29-22)16-18(26)15(30-21(9)16)7-11-3-5-12(23)6-4-11/h3-8,10,17,19-20,22-25,27-28H,1-2H3/t10?,17-,19-,20?,22-/m0/s1. The molecular weight excluding hydrogens is 408 g/mol. The van der Waals surface area contributed by atoms with Crippen LogP contribution in [-0.2, 0) is 4.74 Å². The molecule has 9 nitrogen and oxygen atoms in total. The number of phenolic OH excluding ortho intramolecular Hbond substituents is 2. The molecule has 0 aliphatic carbocycles. The van der Waals surface area contributed by atoms with E-state index in [9.17, 15) is 30.3 Å². The predicted molar refractivity (Wildman–Crippen MR) is 107 cm³/mol. The summed E-state index contributed by atoms with van der Waals surface area (Å²) in [6.45, 7) is 3.07. The summed E-state index contributed by atoms with van der Waals surface area (Å²) in [7, 11) is 0. The second-order valence-corrected chi connectivity index (χ2v) is 7.55. The molecule has 9 heteroatoms. The van der Waals surface area contributed by atoms with Gasteiger partial charge >= 0.3 is 0 Å². The fraction of sp³-hybridized carbons (Fsp3) is 0.318. The molecule has 1 saturated heterocycles. The summed E-state index contributed by atoms with van der Waals surface area (Å²) in [5.74, 6) is -0.659. The molecule has 0 bridgehead atoms. The van der Waals surface area contributed by atoms with Crippen LogP contribution in [0.25, 0.3) is 6.08 Å². The van der Waals surface area contributed by atoms with Crippen molar-refractivity contribution in [3.63, 3.8) is 0 Å². The van der Waals surface area contributed by atoms with Crippen molar-refractivity contribution in [3.05, 3.63) is 52.8 Å². The van der Waals surface area contributed by atoms with Gasteiger partial charge < -0.3 is 39.7 Å². The van der Waals surface area contributed by atoms with Crippen LogP contribution in [0.1, 0.15) is 28.4 Å². The van der Waals surface area contributed by atoms with Gasteiger partial charge in [-0.15, -0.1) is 0 Å². The summed E-state index contributed by atoms with van der Waals surface area (Å²) >= 11 is 0. The molecule has 2 aromatic rings. The quantitative estimate of drug-likeness (QED) is 0.454. The number of fused-ring (bicyclic) bond motifs is 1. The number of phenols is 2. The molecule has 4 rings (SSSR count). The van der Waals surface area contributed by atoms with Gasteiger partial charge in [-0.1, -0.05) is 12.1 Å². The molecule has 0 aromatic heterocycles. The van der Waals surface area contributed by atoms with E-state index in [0.717, 1.165) is 0 Å². The molecule has 1 fully saturated rings. The topological polar surface area (TPSA) is 146 Å². The summed E-state index contributed by atoms with van der Waals surface area (Å²) in [6, 6.07) is 7.34. The first-order chi connectivity index (χ1) is 14.7. The lowest BCUT2D eigenvalue weighted by atomic mass is 10.00. The Kier molecular flexibility index (Phi) is 5.36. The molecule has 0 amide bonds. The van der Waals surface area contributed by atoms with Gasteiger partial charge in [0.15, 0.2) is 5.76 Å². The number of rotatable bonds is 3. The number of hydrogen-bond acceptors (Lipinski definition) is 9. The van der Waals surface area contributed by atoms with Crippen molar-refractivity contribution in [2.75, 3.05) is 0 Å². The Balaban J connectivity index is 1.69. The second-order valence-electron chi connectivity index (χ2n) is 7.55. The van der Waals surface area contributed by atoms with Crippen LogP contribution in [0.5, 0.6) is 23.0 Å². The Morgan fingerprint density at radius 3 is 2.39 bits per heavy atom.